The SMILES string of the molecule is O=C1C(=Cc2cccc(Oc3nc(Oc4cccc(C=C5SC(=S)N(c6ccccc6)C5=O)c4)nc(Oc4cccc(/C=C5/SC(=S)N(c6ccccc6)C5=O)c4)n3)c2)SC(=S)N1c1ccccc1. The van der Waals surface area contributed by atoms with Crippen LogP contribution < -0.4 is 28.9 Å². The number of aromatic nitrogens is 3. The average Bonchev–Trinajstić information content (AvgIpc) is 3.91. The highest BCUT2D eigenvalue weighted by molar-refractivity contribution is 8.28. The van der Waals surface area contributed by atoms with Gasteiger partial charge in [0.1, 0.15) is 17.2 Å². The van der Waals surface area contributed by atoms with Crippen LogP contribution in [0.2, 0.25) is 0 Å². The molecule has 0 bridgehead atoms. The third-order valence-corrected chi connectivity index (χ3v) is 14.0. The van der Waals surface area contributed by atoms with Crippen molar-refractivity contribution >= 4 is 138 Å². The monoisotopic (exact) mass is 1010 g/mol. The van der Waals surface area contributed by atoms with Gasteiger partial charge in [-0.1, -0.05) is 163 Å². The standard InChI is InChI=1S/C51H30N6O6S6/c58-43-40(67-49(64)55(43)34-16-4-1-5-17-34)28-31-13-10-22-37(25-31)61-46-52-47(62-38-23-11-14-32(26-38)29-41-44(59)56(50(65)68-41)35-18-6-2-7-19-35)54-48(53-46)63-39-24-12-15-33(27-39)30-42-45(60)57(51(66)69-42)36-20-8-3-9-21-36/h1-30H/b40-28+,41-29?,42-30?. The molecule has 6 aromatic carbocycles. The molecule has 0 radical (unpaired) electrons. The van der Waals surface area contributed by atoms with Crippen molar-refractivity contribution in [2.24, 2.45) is 0 Å². The molecule has 69 heavy (non-hydrogen) atoms. The molecule has 0 saturated carbocycles. The summed E-state index contributed by atoms with van der Waals surface area (Å²) in [5.41, 5.74) is 4.05. The first-order valence-electron chi connectivity index (χ1n) is 20.7. The number of benzene rings is 6. The molecule has 3 aliphatic heterocycles. The molecule has 10 rings (SSSR count). The number of carbonyl (C=O) groups is 3. The van der Waals surface area contributed by atoms with Gasteiger partial charge in [-0.05, 0) is 108 Å². The van der Waals surface area contributed by atoms with Gasteiger partial charge in [-0.15, -0.1) is 15.0 Å². The Hall–Kier alpha value is -7.32. The lowest BCUT2D eigenvalue weighted by Gasteiger charge is -2.13. The van der Waals surface area contributed by atoms with E-state index in [0.717, 1.165) is 0 Å². The van der Waals surface area contributed by atoms with Crippen LogP contribution in [0.25, 0.3) is 18.2 Å². The number of para-hydroxylation sites is 3. The summed E-state index contributed by atoms with van der Waals surface area (Å²) in [6.45, 7) is 0. The minimum Gasteiger partial charge on any atom is -0.424 e. The van der Waals surface area contributed by atoms with Crippen LogP contribution in [0.4, 0.5) is 17.1 Å². The van der Waals surface area contributed by atoms with E-state index in [1.54, 1.807) is 72.8 Å². The van der Waals surface area contributed by atoms with Crippen molar-refractivity contribution in [2.45, 2.75) is 0 Å². The topological polar surface area (TPSA) is 127 Å². The molecule has 3 aliphatic rings. The summed E-state index contributed by atoms with van der Waals surface area (Å²) in [4.78, 5) is 59.8. The molecule has 0 aliphatic carbocycles. The Labute approximate surface area is 423 Å². The van der Waals surface area contributed by atoms with Crippen molar-refractivity contribution in [2.75, 3.05) is 14.7 Å². The lowest BCUT2D eigenvalue weighted by molar-refractivity contribution is -0.114. The molecule has 1 aromatic heterocycles. The van der Waals surface area contributed by atoms with Crippen LogP contribution in [-0.2, 0) is 14.4 Å². The van der Waals surface area contributed by atoms with E-state index in [2.05, 4.69) is 15.0 Å². The zero-order valence-electron chi connectivity index (χ0n) is 35.4. The summed E-state index contributed by atoms with van der Waals surface area (Å²) in [6, 6.07) is 48.3. The number of anilines is 3. The summed E-state index contributed by atoms with van der Waals surface area (Å²) < 4.78 is 20.0. The molecule has 4 heterocycles. The van der Waals surface area contributed by atoms with Crippen LogP contribution in [0, 0.1) is 0 Å². The first kappa shape index (κ1) is 45.5. The zero-order chi connectivity index (χ0) is 47.4. The number of thiocarbonyl (C=S) groups is 3. The van der Waals surface area contributed by atoms with E-state index in [1.165, 1.54) is 50.0 Å². The smallest absolute Gasteiger partial charge is 0.331 e. The minimum absolute atomic E-state index is 0.163. The van der Waals surface area contributed by atoms with Crippen LogP contribution in [0.15, 0.2) is 179 Å². The van der Waals surface area contributed by atoms with E-state index in [9.17, 15) is 14.4 Å². The number of hydrogen-bond donors (Lipinski definition) is 0. The van der Waals surface area contributed by atoms with Gasteiger partial charge in [0.2, 0.25) is 0 Å². The third-order valence-electron chi connectivity index (χ3n) is 10.1. The quantitative estimate of drug-likeness (QED) is 0.0850. The summed E-state index contributed by atoms with van der Waals surface area (Å²) >= 11 is 20.3. The van der Waals surface area contributed by atoms with Crippen LogP contribution in [0.1, 0.15) is 16.7 Å². The van der Waals surface area contributed by atoms with E-state index in [0.29, 0.717) is 78.7 Å². The van der Waals surface area contributed by atoms with Gasteiger partial charge in [-0.2, -0.15) is 0 Å². The van der Waals surface area contributed by atoms with Gasteiger partial charge >= 0.3 is 18.0 Å². The van der Waals surface area contributed by atoms with E-state index >= 15 is 0 Å². The molecule has 7 aromatic rings. The number of rotatable bonds is 12. The Bertz CT molecular complexity index is 2980. The zero-order valence-corrected chi connectivity index (χ0v) is 40.3. The highest BCUT2D eigenvalue weighted by Crippen LogP contribution is 2.39. The summed E-state index contributed by atoms with van der Waals surface area (Å²) in [7, 11) is 0. The maximum Gasteiger partial charge on any atom is 0.331 e. The molecule has 336 valence electrons. The number of ether oxygens (including phenoxy) is 3. The molecule has 3 amide bonds. The number of nitrogens with zero attached hydrogens (tertiary/aromatic N) is 6. The van der Waals surface area contributed by atoms with Crippen molar-refractivity contribution in [1.82, 2.24) is 15.0 Å². The highest BCUT2D eigenvalue weighted by Gasteiger charge is 2.35. The Morgan fingerprint density at radius 3 is 0.928 bits per heavy atom. The average molecular weight is 1020 g/mol. The number of amides is 3. The minimum atomic E-state index is -0.235. The Kier molecular flexibility index (Phi) is 13.2. The van der Waals surface area contributed by atoms with E-state index in [4.69, 9.17) is 50.9 Å². The summed E-state index contributed by atoms with van der Waals surface area (Å²) in [6.07, 6.45) is 5.22. The van der Waals surface area contributed by atoms with Gasteiger partial charge < -0.3 is 14.2 Å². The predicted molar refractivity (Wildman–Crippen MR) is 286 cm³/mol. The van der Waals surface area contributed by atoms with Crippen molar-refractivity contribution in [1.29, 1.82) is 0 Å². The first-order chi connectivity index (χ1) is 33.6. The Morgan fingerprint density at radius 1 is 0.377 bits per heavy atom. The second-order valence-corrected chi connectivity index (χ2v) is 19.8. The van der Waals surface area contributed by atoms with Crippen molar-refractivity contribution in [3.8, 4) is 35.3 Å². The van der Waals surface area contributed by atoms with E-state index in [1.807, 2.05) is 109 Å². The fourth-order valence-corrected chi connectivity index (χ4v) is 10.9. The first-order valence-corrected chi connectivity index (χ1v) is 24.4. The lowest BCUT2D eigenvalue weighted by Crippen LogP contribution is -2.27. The van der Waals surface area contributed by atoms with Gasteiger partial charge in [-0.3, -0.25) is 29.1 Å². The van der Waals surface area contributed by atoms with Crippen LogP contribution in [0.5, 0.6) is 35.3 Å². The number of carbonyl (C=O) groups excluding carboxylic acids is 3. The summed E-state index contributed by atoms with van der Waals surface area (Å²) in [5.74, 6) is 0.324. The number of thioether (sulfide) groups is 3. The third kappa shape index (κ3) is 10.3. The van der Waals surface area contributed by atoms with Gasteiger partial charge in [0.25, 0.3) is 17.7 Å². The van der Waals surface area contributed by atoms with E-state index < -0.39 is 0 Å². The fraction of sp³-hybridized carbons (Fsp3) is 0. The molecule has 3 saturated heterocycles. The predicted octanol–water partition coefficient (Wildman–Crippen LogP) is 12.5. The Balaban J connectivity index is 0.930. The van der Waals surface area contributed by atoms with Gasteiger partial charge in [0.05, 0.1) is 31.8 Å². The lowest BCUT2D eigenvalue weighted by atomic mass is 10.2. The largest absolute Gasteiger partial charge is 0.424 e. The maximum absolute atomic E-state index is 13.5. The molecule has 0 atom stereocenters. The summed E-state index contributed by atoms with van der Waals surface area (Å²) in [5, 5.41) is 0. The van der Waals surface area contributed by atoms with Gasteiger partial charge in [-0.25, -0.2) is 0 Å². The van der Waals surface area contributed by atoms with Crippen LogP contribution >= 0.6 is 71.9 Å². The maximum atomic E-state index is 13.5. The molecule has 0 spiro atoms. The van der Waals surface area contributed by atoms with Crippen LogP contribution in [0.3, 0.4) is 0 Å². The van der Waals surface area contributed by atoms with E-state index in [-0.39, 0.29) is 35.8 Å². The second kappa shape index (κ2) is 20.1. The molecular formula is C51H30N6O6S6. The fourth-order valence-electron chi connectivity index (χ4n) is 7.03. The molecule has 0 N–H and O–H groups in total. The molecule has 0 unspecified atom stereocenters. The number of hydrogen-bond acceptors (Lipinski definition) is 15. The normalized spacial score (nSPS) is 16.7. The van der Waals surface area contributed by atoms with Crippen LogP contribution in [-0.4, -0.2) is 45.6 Å². The van der Waals surface area contributed by atoms with Gasteiger partial charge in [0, 0.05) is 0 Å². The van der Waals surface area contributed by atoms with Gasteiger partial charge in [0.15, 0.2) is 13.0 Å². The molecular weight excluding hydrogens is 985 g/mol. The molecule has 18 heteroatoms. The van der Waals surface area contributed by atoms with Crippen molar-refractivity contribution < 1.29 is 28.6 Å². The van der Waals surface area contributed by atoms with Crippen molar-refractivity contribution in [3.05, 3.63) is 195 Å². The second-order valence-electron chi connectivity index (χ2n) is 14.8. The Morgan fingerprint density at radius 2 is 0.652 bits per heavy atom. The molecule has 3 fully saturated rings. The van der Waals surface area contributed by atoms with Crippen molar-refractivity contribution in [3.63, 3.8) is 0 Å². The highest BCUT2D eigenvalue weighted by atomic mass is 32.2. The molecule has 12 nitrogen and oxygen atoms in total.